The molecule has 2 heterocycles. The fourth-order valence-corrected chi connectivity index (χ4v) is 3.04. The summed E-state index contributed by atoms with van der Waals surface area (Å²) in [4.78, 5) is 12.3. The smallest absolute Gasteiger partial charge is 0.284 e. The van der Waals surface area contributed by atoms with Gasteiger partial charge in [0.05, 0.1) is 23.3 Å². The molecule has 2 aromatic carbocycles. The van der Waals surface area contributed by atoms with Crippen molar-refractivity contribution < 1.29 is 14.3 Å². The molecule has 0 unspecified atom stereocenters. The first kappa shape index (κ1) is 17.8. The zero-order valence-corrected chi connectivity index (χ0v) is 15.6. The first-order valence-corrected chi connectivity index (χ1v) is 8.96. The minimum absolute atomic E-state index is 0.141. The molecule has 7 heteroatoms. The number of nitrogens with zero attached hydrogens (tertiary/aromatic N) is 3. The molecule has 1 aliphatic heterocycles. The average molecular weight is 376 g/mol. The summed E-state index contributed by atoms with van der Waals surface area (Å²) in [6.45, 7) is 4.01. The van der Waals surface area contributed by atoms with Crippen molar-refractivity contribution in [3.05, 3.63) is 71.5 Å². The molecule has 0 saturated carbocycles. The summed E-state index contributed by atoms with van der Waals surface area (Å²) in [6, 6.07) is 17.1. The fraction of sp³-hybridized carbons (Fsp3) is 0.190. The third kappa shape index (κ3) is 3.46. The number of para-hydroxylation sites is 3. The van der Waals surface area contributed by atoms with Crippen LogP contribution in [0.1, 0.15) is 17.0 Å². The van der Waals surface area contributed by atoms with Crippen molar-refractivity contribution in [3.63, 3.8) is 0 Å². The maximum atomic E-state index is 12.3. The Kier molecular flexibility index (Phi) is 4.80. The van der Waals surface area contributed by atoms with E-state index in [1.165, 1.54) is 0 Å². The molecule has 0 saturated heterocycles. The summed E-state index contributed by atoms with van der Waals surface area (Å²) in [5.41, 5.74) is 6.11. The average Bonchev–Trinajstić information content (AvgIpc) is 3.02. The lowest BCUT2D eigenvalue weighted by Gasteiger charge is -2.24. The Hall–Kier alpha value is -3.61. The zero-order chi connectivity index (χ0) is 19.5. The molecule has 1 amide bonds. The van der Waals surface area contributed by atoms with Crippen LogP contribution in [0.5, 0.6) is 11.5 Å². The number of fused-ring (bicyclic) bond motifs is 1. The third-order valence-corrected chi connectivity index (χ3v) is 4.52. The van der Waals surface area contributed by atoms with Crippen LogP contribution >= 0.6 is 0 Å². The lowest BCUT2D eigenvalue weighted by Crippen LogP contribution is -2.42. The molecule has 3 aromatic rings. The number of aryl methyl sites for hydroxylation is 1. The van der Waals surface area contributed by atoms with Gasteiger partial charge in [0, 0.05) is 5.56 Å². The molecule has 1 N–H and O–H groups in total. The highest BCUT2D eigenvalue weighted by Crippen LogP contribution is 2.30. The SMILES string of the molecule is Cc1nn(-c2ccccc2)c(C)c1/C=N\NC(=O)[C@@H]1COc2ccccc2O1. The van der Waals surface area contributed by atoms with E-state index < -0.39 is 6.10 Å². The third-order valence-electron chi connectivity index (χ3n) is 4.52. The van der Waals surface area contributed by atoms with Gasteiger partial charge >= 0.3 is 0 Å². The predicted molar refractivity (Wildman–Crippen MR) is 105 cm³/mol. The highest BCUT2D eigenvalue weighted by Gasteiger charge is 2.27. The number of ether oxygens (including phenoxy) is 2. The topological polar surface area (TPSA) is 77.7 Å². The van der Waals surface area contributed by atoms with Crippen molar-refractivity contribution in [1.82, 2.24) is 15.2 Å². The number of hydrogen-bond donors (Lipinski definition) is 1. The van der Waals surface area contributed by atoms with Gasteiger partial charge in [-0.1, -0.05) is 30.3 Å². The summed E-state index contributed by atoms with van der Waals surface area (Å²) in [7, 11) is 0. The lowest BCUT2D eigenvalue weighted by molar-refractivity contribution is -0.130. The minimum atomic E-state index is -0.749. The van der Waals surface area contributed by atoms with Crippen molar-refractivity contribution in [2.75, 3.05) is 6.61 Å². The summed E-state index contributed by atoms with van der Waals surface area (Å²) in [5, 5.41) is 8.65. The lowest BCUT2D eigenvalue weighted by atomic mass is 10.2. The molecular weight excluding hydrogens is 356 g/mol. The summed E-state index contributed by atoms with van der Waals surface area (Å²) < 4.78 is 13.1. The Labute approximate surface area is 162 Å². The number of aromatic nitrogens is 2. The molecule has 0 fully saturated rings. The second kappa shape index (κ2) is 7.56. The van der Waals surface area contributed by atoms with Gasteiger partial charge in [0.15, 0.2) is 11.5 Å². The monoisotopic (exact) mass is 376 g/mol. The highest BCUT2D eigenvalue weighted by molar-refractivity contribution is 5.86. The molecule has 0 spiro atoms. The van der Waals surface area contributed by atoms with Gasteiger partial charge in [-0.05, 0) is 38.1 Å². The number of rotatable bonds is 4. The Morgan fingerprint density at radius 2 is 1.86 bits per heavy atom. The molecule has 1 atom stereocenters. The van der Waals surface area contributed by atoms with Crippen LogP contribution in [0.4, 0.5) is 0 Å². The van der Waals surface area contributed by atoms with Gasteiger partial charge in [-0.25, -0.2) is 10.1 Å². The van der Waals surface area contributed by atoms with Gasteiger partial charge in [-0.3, -0.25) is 4.79 Å². The van der Waals surface area contributed by atoms with E-state index in [-0.39, 0.29) is 12.5 Å². The van der Waals surface area contributed by atoms with E-state index in [0.29, 0.717) is 11.5 Å². The molecule has 4 rings (SSSR count). The van der Waals surface area contributed by atoms with Crippen LogP contribution in [-0.2, 0) is 4.79 Å². The van der Waals surface area contributed by atoms with Crippen LogP contribution in [0.2, 0.25) is 0 Å². The van der Waals surface area contributed by atoms with Crippen LogP contribution in [0, 0.1) is 13.8 Å². The number of amides is 1. The van der Waals surface area contributed by atoms with Crippen molar-refractivity contribution in [2.45, 2.75) is 20.0 Å². The highest BCUT2D eigenvalue weighted by atomic mass is 16.6. The minimum Gasteiger partial charge on any atom is -0.485 e. The standard InChI is InChI=1S/C21H20N4O3/c1-14-17(15(2)25(24-14)16-8-4-3-5-9-16)12-22-23-21(26)20-13-27-18-10-6-7-11-19(18)28-20/h3-12,20H,13H2,1-2H3,(H,23,26)/b22-12-/t20-/m0/s1. The van der Waals surface area contributed by atoms with Crippen molar-refractivity contribution in [1.29, 1.82) is 0 Å². The Bertz CT molecular complexity index is 1030. The van der Waals surface area contributed by atoms with Crippen LogP contribution in [0.25, 0.3) is 5.69 Å². The van der Waals surface area contributed by atoms with Gasteiger partial charge in [0.1, 0.15) is 6.61 Å². The fourth-order valence-electron chi connectivity index (χ4n) is 3.04. The molecule has 28 heavy (non-hydrogen) atoms. The quantitative estimate of drug-likeness (QED) is 0.561. The first-order chi connectivity index (χ1) is 13.6. The van der Waals surface area contributed by atoms with Crippen molar-refractivity contribution >= 4 is 12.1 Å². The van der Waals surface area contributed by atoms with E-state index in [0.717, 1.165) is 22.6 Å². The van der Waals surface area contributed by atoms with Crippen molar-refractivity contribution in [3.8, 4) is 17.2 Å². The number of benzene rings is 2. The Morgan fingerprint density at radius 1 is 1.14 bits per heavy atom. The molecule has 1 aliphatic rings. The number of hydrazone groups is 1. The van der Waals surface area contributed by atoms with Gasteiger partial charge < -0.3 is 9.47 Å². The molecule has 142 valence electrons. The van der Waals surface area contributed by atoms with E-state index in [1.54, 1.807) is 18.3 Å². The van der Waals surface area contributed by atoms with E-state index in [4.69, 9.17) is 9.47 Å². The van der Waals surface area contributed by atoms with Gasteiger partial charge in [-0.15, -0.1) is 0 Å². The van der Waals surface area contributed by atoms with E-state index in [9.17, 15) is 4.79 Å². The van der Waals surface area contributed by atoms with Crippen LogP contribution in [0.3, 0.4) is 0 Å². The van der Waals surface area contributed by atoms with Crippen molar-refractivity contribution in [2.24, 2.45) is 5.10 Å². The Balaban J connectivity index is 1.44. The molecule has 0 radical (unpaired) electrons. The van der Waals surface area contributed by atoms with E-state index >= 15 is 0 Å². The first-order valence-electron chi connectivity index (χ1n) is 8.96. The van der Waals surface area contributed by atoms with E-state index in [1.807, 2.05) is 61.0 Å². The van der Waals surface area contributed by atoms with Gasteiger partial charge in [0.25, 0.3) is 5.91 Å². The van der Waals surface area contributed by atoms with Crippen LogP contribution < -0.4 is 14.9 Å². The van der Waals surface area contributed by atoms with Crippen LogP contribution in [-0.4, -0.2) is 34.6 Å². The number of nitrogens with one attached hydrogen (secondary N) is 1. The van der Waals surface area contributed by atoms with Gasteiger partial charge in [0.2, 0.25) is 6.10 Å². The maximum absolute atomic E-state index is 12.3. The normalized spacial score (nSPS) is 15.6. The van der Waals surface area contributed by atoms with Crippen LogP contribution in [0.15, 0.2) is 59.7 Å². The number of carbonyl (C=O) groups excluding carboxylic acids is 1. The van der Waals surface area contributed by atoms with E-state index in [2.05, 4.69) is 15.6 Å². The Morgan fingerprint density at radius 3 is 2.64 bits per heavy atom. The summed E-state index contributed by atoms with van der Waals surface area (Å²) in [6.07, 6.45) is 0.855. The molecule has 7 nitrogen and oxygen atoms in total. The second-order valence-electron chi connectivity index (χ2n) is 6.43. The largest absolute Gasteiger partial charge is 0.485 e. The maximum Gasteiger partial charge on any atom is 0.284 e. The summed E-state index contributed by atoms with van der Waals surface area (Å²) >= 11 is 0. The number of hydrogen-bond acceptors (Lipinski definition) is 5. The predicted octanol–water partition coefficient (Wildman–Crippen LogP) is 2.78. The molecule has 0 aliphatic carbocycles. The number of carbonyl (C=O) groups is 1. The second-order valence-corrected chi connectivity index (χ2v) is 6.43. The molecule has 1 aromatic heterocycles. The summed E-state index contributed by atoms with van der Waals surface area (Å²) in [5.74, 6) is 0.819. The van der Waals surface area contributed by atoms with Gasteiger partial charge in [-0.2, -0.15) is 10.2 Å². The molecule has 0 bridgehead atoms. The zero-order valence-electron chi connectivity index (χ0n) is 15.6. The molecular formula is C21H20N4O3.